The van der Waals surface area contributed by atoms with Gasteiger partial charge in [0.2, 0.25) is 0 Å². The summed E-state index contributed by atoms with van der Waals surface area (Å²) in [6.45, 7) is 7.46. The van der Waals surface area contributed by atoms with Gasteiger partial charge >= 0.3 is 0 Å². The van der Waals surface area contributed by atoms with E-state index in [9.17, 15) is 5.11 Å². The zero-order chi connectivity index (χ0) is 25.0. The van der Waals surface area contributed by atoms with Crippen molar-refractivity contribution >= 4 is 0 Å². The van der Waals surface area contributed by atoms with Gasteiger partial charge in [-0.2, -0.15) is 0 Å². The molecule has 0 heterocycles. The average Bonchev–Trinajstić information content (AvgIpc) is 2.84. The van der Waals surface area contributed by atoms with E-state index in [1.54, 1.807) is 0 Å². The number of ether oxygens (including phenoxy) is 1. The van der Waals surface area contributed by atoms with E-state index >= 15 is 0 Å². The van der Waals surface area contributed by atoms with E-state index < -0.39 is 6.29 Å². The highest BCUT2D eigenvalue weighted by Crippen LogP contribution is 2.21. The van der Waals surface area contributed by atoms with Crippen molar-refractivity contribution in [2.45, 2.75) is 194 Å². The highest BCUT2D eigenvalue weighted by Gasteiger charge is 2.12. The summed E-state index contributed by atoms with van der Waals surface area (Å²) in [5, 5.41) is 9.99. The Balaban J connectivity index is 3.79. The molecule has 0 aromatic heterocycles. The van der Waals surface area contributed by atoms with Crippen LogP contribution in [-0.2, 0) is 4.74 Å². The second kappa shape index (κ2) is 29.2. The van der Waals surface area contributed by atoms with Crippen molar-refractivity contribution in [2.75, 3.05) is 6.61 Å². The van der Waals surface area contributed by atoms with Crippen LogP contribution in [0.25, 0.3) is 0 Å². The van der Waals surface area contributed by atoms with E-state index in [1.165, 1.54) is 154 Å². The largest absolute Gasteiger partial charge is 0.368 e. The Labute approximate surface area is 216 Å². The van der Waals surface area contributed by atoms with Crippen LogP contribution in [0.3, 0.4) is 0 Å². The summed E-state index contributed by atoms with van der Waals surface area (Å²) < 4.78 is 5.80. The zero-order valence-electron chi connectivity index (χ0n) is 24.1. The average molecular weight is 483 g/mol. The minimum atomic E-state index is -0.554. The first-order chi connectivity index (χ1) is 16.7. The number of unbranched alkanes of at least 4 members (excludes halogenated alkanes) is 20. The van der Waals surface area contributed by atoms with E-state index in [1.807, 2.05) is 0 Å². The molecular formula is C32H66O2. The lowest BCUT2D eigenvalue weighted by molar-refractivity contribution is -0.115. The van der Waals surface area contributed by atoms with Gasteiger partial charge in [0.1, 0.15) is 0 Å². The molecule has 0 aliphatic rings. The van der Waals surface area contributed by atoms with Crippen LogP contribution in [-0.4, -0.2) is 18.0 Å². The standard InChI is InChI=1S/C32H66O2/c1-4-7-9-11-13-15-17-18-20-22-24-26-29-31(30-34-32(33)27-6-3)28-25-23-21-19-16-14-12-10-8-5-2/h31-33H,4-30H2,1-3H3. The first-order valence-corrected chi connectivity index (χ1v) is 16.0. The fourth-order valence-electron chi connectivity index (χ4n) is 5.08. The van der Waals surface area contributed by atoms with Gasteiger partial charge < -0.3 is 9.84 Å². The van der Waals surface area contributed by atoms with Crippen LogP contribution in [0, 0.1) is 5.92 Å². The third-order valence-electron chi connectivity index (χ3n) is 7.49. The van der Waals surface area contributed by atoms with Crippen LogP contribution in [0.1, 0.15) is 188 Å². The maximum absolute atomic E-state index is 9.99. The predicted molar refractivity (Wildman–Crippen MR) is 153 cm³/mol. The number of hydrogen-bond acceptors (Lipinski definition) is 2. The van der Waals surface area contributed by atoms with E-state index in [2.05, 4.69) is 20.8 Å². The number of aliphatic hydroxyl groups excluding tert-OH is 1. The Kier molecular flexibility index (Phi) is 29.1. The monoisotopic (exact) mass is 483 g/mol. The van der Waals surface area contributed by atoms with Gasteiger partial charge in [0.15, 0.2) is 6.29 Å². The molecular weight excluding hydrogens is 416 g/mol. The Bertz CT molecular complexity index is 357. The van der Waals surface area contributed by atoms with Crippen LogP contribution in [0.5, 0.6) is 0 Å². The Morgan fingerprint density at radius 3 is 1.06 bits per heavy atom. The molecule has 2 heteroatoms. The molecule has 0 fully saturated rings. The topological polar surface area (TPSA) is 29.5 Å². The maximum Gasteiger partial charge on any atom is 0.154 e. The quantitative estimate of drug-likeness (QED) is 0.0848. The summed E-state index contributed by atoms with van der Waals surface area (Å²) in [4.78, 5) is 0. The van der Waals surface area contributed by atoms with Crippen LogP contribution < -0.4 is 0 Å². The SMILES string of the molecule is CCCCCCCCCCCCCCC(CCCCCCCCCCCC)COC(O)CCC. The molecule has 0 saturated carbocycles. The molecule has 0 spiro atoms. The molecule has 0 rings (SSSR count). The zero-order valence-corrected chi connectivity index (χ0v) is 24.1. The van der Waals surface area contributed by atoms with Gasteiger partial charge in [-0.15, -0.1) is 0 Å². The molecule has 2 atom stereocenters. The lowest BCUT2D eigenvalue weighted by Gasteiger charge is -2.19. The lowest BCUT2D eigenvalue weighted by Crippen LogP contribution is -2.18. The predicted octanol–water partition coefficient (Wildman–Crippen LogP) is 11.1. The normalized spacial score (nSPS) is 13.4. The lowest BCUT2D eigenvalue weighted by atomic mass is 9.94. The van der Waals surface area contributed by atoms with Gasteiger partial charge in [0.25, 0.3) is 0 Å². The fraction of sp³-hybridized carbons (Fsp3) is 1.00. The van der Waals surface area contributed by atoms with Crippen molar-refractivity contribution in [2.24, 2.45) is 5.92 Å². The molecule has 0 aliphatic carbocycles. The Morgan fingerprint density at radius 1 is 0.412 bits per heavy atom. The van der Waals surface area contributed by atoms with Crippen LogP contribution in [0.2, 0.25) is 0 Å². The first kappa shape index (κ1) is 33.9. The van der Waals surface area contributed by atoms with Crippen molar-refractivity contribution in [1.82, 2.24) is 0 Å². The molecule has 2 nitrogen and oxygen atoms in total. The van der Waals surface area contributed by atoms with Crippen LogP contribution in [0.4, 0.5) is 0 Å². The van der Waals surface area contributed by atoms with Crippen molar-refractivity contribution in [3.05, 3.63) is 0 Å². The Hall–Kier alpha value is -0.0800. The molecule has 0 bridgehead atoms. The van der Waals surface area contributed by atoms with E-state index in [0.717, 1.165) is 19.4 Å². The highest BCUT2D eigenvalue weighted by molar-refractivity contribution is 4.61. The van der Waals surface area contributed by atoms with Crippen molar-refractivity contribution in [1.29, 1.82) is 0 Å². The van der Waals surface area contributed by atoms with E-state index in [-0.39, 0.29) is 0 Å². The second-order valence-corrected chi connectivity index (χ2v) is 11.1. The van der Waals surface area contributed by atoms with Crippen LogP contribution >= 0.6 is 0 Å². The number of hydrogen-bond donors (Lipinski definition) is 1. The molecule has 2 unspecified atom stereocenters. The van der Waals surface area contributed by atoms with Crippen molar-refractivity contribution < 1.29 is 9.84 Å². The van der Waals surface area contributed by atoms with Gasteiger partial charge in [-0.3, -0.25) is 0 Å². The summed E-state index contributed by atoms with van der Waals surface area (Å²) >= 11 is 0. The molecule has 206 valence electrons. The van der Waals surface area contributed by atoms with Gasteiger partial charge in [0, 0.05) is 0 Å². The molecule has 0 amide bonds. The van der Waals surface area contributed by atoms with E-state index in [4.69, 9.17) is 4.74 Å². The second-order valence-electron chi connectivity index (χ2n) is 11.1. The summed E-state index contributed by atoms with van der Waals surface area (Å²) in [7, 11) is 0. The molecule has 0 aromatic carbocycles. The van der Waals surface area contributed by atoms with Gasteiger partial charge in [-0.1, -0.05) is 168 Å². The Morgan fingerprint density at radius 2 is 0.735 bits per heavy atom. The minimum Gasteiger partial charge on any atom is -0.368 e. The third-order valence-corrected chi connectivity index (χ3v) is 7.49. The van der Waals surface area contributed by atoms with Gasteiger partial charge in [-0.05, 0) is 25.2 Å². The fourth-order valence-corrected chi connectivity index (χ4v) is 5.08. The first-order valence-electron chi connectivity index (χ1n) is 16.0. The highest BCUT2D eigenvalue weighted by atomic mass is 16.6. The summed E-state index contributed by atoms with van der Waals surface area (Å²) in [5.41, 5.74) is 0. The maximum atomic E-state index is 9.99. The molecule has 1 N–H and O–H groups in total. The summed E-state index contributed by atoms with van der Waals surface area (Å²) in [6.07, 6.45) is 34.8. The molecule has 0 aromatic rings. The van der Waals surface area contributed by atoms with Gasteiger partial charge in [0.05, 0.1) is 6.61 Å². The van der Waals surface area contributed by atoms with Gasteiger partial charge in [-0.25, -0.2) is 0 Å². The molecule has 34 heavy (non-hydrogen) atoms. The smallest absolute Gasteiger partial charge is 0.154 e. The molecule has 0 radical (unpaired) electrons. The molecule has 0 saturated heterocycles. The molecule has 0 aliphatic heterocycles. The third kappa shape index (κ3) is 26.5. The van der Waals surface area contributed by atoms with E-state index in [0.29, 0.717) is 5.92 Å². The summed E-state index contributed by atoms with van der Waals surface area (Å²) in [6, 6.07) is 0. The summed E-state index contributed by atoms with van der Waals surface area (Å²) in [5.74, 6) is 0.642. The minimum absolute atomic E-state index is 0.554. The number of aliphatic hydroxyl groups is 1. The van der Waals surface area contributed by atoms with Crippen molar-refractivity contribution in [3.8, 4) is 0 Å². The number of rotatable bonds is 29. The van der Waals surface area contributed by atoms with Crippen molar-refractivity contribution in [3.63, 3.8) is 0 Å². The van der Waals surface area contributed by atoms with Crippen LogP contribution in [0.15, 0.2) is 0 Å².